The van der Waals surface area contributed by atoms with Gasteiger partial charge in [-0.1, -0.05) is 17.8 Å². The van der Waals surface area contributed by atoms with Crippen molar-refractivity contribution in [1.82, 2.24) is 15.3 Å². The number of hydrogen-bond acceptors (Lipinski definition) is 6. The molecule has 1 atom stereocenters. The van der Waals surface area contributed by atoms with Crippen LogP contribution in [0.15, 0.2) is 16.5 Å². The number of rotatable bonds is 2. The summed E-state index contributed by atoms with van der Waals surface area (Å²) in [6, 6.07) is 0.0623. The van der Waals surface area contributed by atoms with Crippen molar-refractivity contribution >= 4 is 23.8 Å². The second-order valence-corrected chi connectivity index (χ2v) is 8.06. The van der Waals surface area contributed by atoms with Crippen LogP contribution in [0.2, 0.25) is 0 Å². The van der Waals surface area contributed by atoms with E-state index in [9.17, 15) is 4.79 Å². The van der Waals surface area contributed by atoms with Gasteiger partial charge in [0.2, 0.25) is 5.95 Å². The Morgan fingerprint density at radius 1 is 1.42 bits per heavy atom. The van der Waals surface area contributed by atoms with Crippen LogP contribution in [0.3, 0.4) is 0 Å². The van der Waals surface area contributed by atoms with Crippen molar-refractivity contribution in [2.24, 2.45) is 0 Å². The largest absolute Gasteiger partial charge is 0.444 e. The fourth-order valence-corrected chi connectivity index (χ4v) is 3.67. The minimum absolute atomic E-state index is 0.0623. The summed E-state index contributed by atoms with van der Waals surface area (Å²) >= 11 is 1.65. The molecule has 1 amide bonds. The number of ether oxygens (including phenoxy) is 1. The van der Waals surface area contributed by atoms with Crippen LogP contribution in [0.4, 0.5) is 10.7 Å². The molecule has 2 aliphatic heterocycles. The molecule has 1 saturated heterocycles. The minimum Gasteiger partial charge on any atom is -0.444 e. The van der Waals surface area contributed by atoms with Crippen molar-refractivity contribution in [2.45, 2.75) is 57.2 Å². The number of aromatic nitrogens is 2. The number of allylic oxidation sites excluding steroid dienone is 1. The number of aryl methyl sites for hydroxylation is 1. The van der Waals surface area contributed by atoms with E-state index in [0.29, 0.717) is 6.54 Å². The van der Waals surface area contributed by atoms with E-state index < -0.39 is 5.60 Å². The van der Waals surface area contributed by atoms with Gasteiger partial charge in [-0.15, -0.1) is 0 Å². The maximum atomic E-state index is 11.9. The zero-order chi connectivity index (χ0) is 17.3. The average Bonchev–Trinajstić information content (AvgIpc) is 2.93. The molecular weight excluding hydrogens is 324 g/mol. The number of hydrogen-bond donors (Lipinski definition) is 1. The molecular formula is C17H24N4O2S. The maximum Gasteiger partial charge on any atom is 0.407 e. The Balaban J connectivity index is 1.64. The summed E-state index contributed by atoms with van der Waals surface area (Å²) in [5.74, 6) is 0.752. The monoisotopic (exact) mass is 348 g/mol. The Morgan fingerprint density at radius 2 is 2.21 bits per heavy atom. The van der Waals surface area contributed by atoms with Crippen LogP contribution in [-0.4, -0.2) is 40.8 Å². The van der Waals surface area contributed by atoms with Gasteiger partial charge in [0, 0.05) is 24.3 Å². The standard InChI is InChI=1S/C17H24N4O2S/c1-11-13-6-5-9-24-14(13)20-15(18-11)21-8-7-12(10-21)19-16(22)23-17(2,3)4/h5,9,12H,6-8,10H2,1-4H3,(H,19,22). The van der Waals surface area contributed by atoms with Gasteiger partial charge in [0.1, 0.15) is 10.6 Å². The van der Waals surface area contributed by atoms with Crippen LogP contribution >= 0.6 is 11.8 Å². The van der Waals surface area contributed by atoms with Gasteiger partial charge in [-0.25, -0.2) is 14.8 Å². The summed E-state index contributed by atoms with van der Waals surface area (Å²) in [4.78, 5) is 23.4. The van der Waals surface area contributed by atoms with E-state index >= 15 is 0 Å². The molecule has 2 aliphatic rings. The van der Waals surface area contributed by atoms with Gasteiger partial charge in [0.15, 0.2) is 0 Å². The predicted molar refractivity (Wildman–Crippen MR) is 95.5 cm³/mol. The minimum atomic E-state index is -0.480. The predicted octanol–water partition coefficient (Wildman–Crippen LogP) is 3.05. The highest BCUT2D eigenvalue weighted by molar-refractivity contribution is 8.02. The van der Waals surface area contributed by atoms with Crippen LogP contribution in [0.25, 0.3) is 0 Å². The number of carbonyl (C=O) groups is 1. The van der Waals surface area contributed by atoms with Crippen LogP contribution in [0, 0.1) is 6.92 Å². The van der Waals surface area contributed by atoms with E-state index in [2.05, 4.69) is 26.7 Å². The first-order valence-electron chi connectivity index (χ1n) is 8.25. The van der Waals surface area contributed by atoms with E-state index in [1.807, 2.05) is 27.7 Å². The van der Waals surface area contributed by atoms with Gasteiger partial charge in [-0.3, -0.25) is 0 Å². The first-order chi connectivity index (χ1) is 11.3. The lowest BCUT2D eigenvalue weighted by molar-refractivity contribution is 0.0509. The first-order valence-corrected chi connectivity index (χ1v) is 9.13. The molecule has 1 aromatic heterocycles. The molecule has 3 rings (SSSR count). The number of nitrogens with one attached hydrogen (secondary N) is 1. The van der Waals surface area contributed by atoms with Gasteiger partial charge < -0.3 is 15.0 Å². The third-order valence-electron chi connectivity index (χ3n) is 3.95. The number of amides is 1. The quantitative estimate of drug-likeness (QED) is 0.829. The molecule has 0 radical (unpaired) electrons. The first kappa shape index (κ1) is 17.1. The number of carbonyl (C=O) groups excluding carboxylic acids is 1. The molecule has 7 heteroatoms. The summed E-state index contributed by atoms with van der Waals surface area (Å²) in [6.45, 7) is 9.17. The van der Waals surface area contributed by atoms with Crippen LogP contribution in [0.5, 0.6) is 0 Å². The van der Waals surface area contributed by atoms with E-state index in [-0.39, 0.29) is 12.1 Å². The second kappa shape index (κ2) is 6.63. The zero-order valence-electron chi connectivity index (χ0n) is 14.6. The Bertz CT molecular complexity index is 669. The van der Waals surface area contributed by atoms with Crippen molar-refractivity contribution < 1.29 is 9.53 Å². The lowest BCUT2D eigenvalue weighted by Gasteiger charge is -2.22. The molecule has 130 valence electrons. The molecule has 1 N–H and O–H groups in total. The number of nitrogens with zero attached hydrogens (tertiary/aromatic N) is 3. The van der Waals surface area contributed by atoms with E-state index in [0.717, 1.165) is 36.1 Å². The van der Waals surface area contributed by atoms with Crippen molar-refractivity contribution in [3.05, 3.63) is 22.7 Å². The highest BCUT2D eigenvalue weighted by Crippen LogP contribution is 2.31. The lowest BCUT2D eigenvalue weighted by Crippen LogP contribution is -2.40. The van der Waals surface area contributed by atoms with Gasteiger partial charge in [-0.2, -0.15) is 0 Å². The van der Waals surface area contributed by atoms with E-state index in [1.165, 1.54) is 5.56 Å². The molecule has 1 unspecified atom stereocenters. The van der Waals surface area contributed by atoms with E-state index in [1.54, 1.807) is 11.8 Å². The molecule has 0 spiro atoms. The highest BCUT2D eigenvalue weighted by Gasteiger charge is 2.28. The topological polar surface area (TPSA) is 67.4 Å². The summed E-state index contributed by atoms with van der Waals surface area (Å²) in [6.07, 6.45) is 3.54. The summed E-state index contributed by atoms with van der Waals surface area (Å²) in [7, 11) is 0. The molecule has 1 aromatic rings. The Morgan fingerprint density at radius 3 is 2.96 bits per heavy atom. The number of fused-ring (bicyclic) bond motifs is 1. The normalized spacial score (nSPS) is 20.0. The molecule has 0 saturated carbocycles. The van der Waals surface area contributed by atoms with Crippen LogP contribution in [-0.2, 0) is 11.2 Å². The zero-order valence-corrected chi connectivity index (χ0v) is 15.4. The fraction of sp³-hybridized carbons (Fsp3) is 0.588. The second-order valence-electron chi connectivity index (χ2n) is 7.16. The van der Waals surface area contributed by atoms with Gasteiger partial charge in [0.25, 0.3) is 0 Å². The SMILES string of the molecule is Cc1nc(N2CCC(NC(=O)OC(C)(C)C)C2)nc2c1CC=CS2. The maximum absolute atomic E-state index is 11.9. The van der Waals surface area contributed by atoms with Crippen molar-refractivity contribution in [3.8, 4) is 0 Å². The smallest absolute Gasteiger partial charge is 0.407 e. The molecule has 1 fully saturated rings. The van der Waals surface area contributed by atoms with Crippen molar-refractivity contribution in [2.75, 3.05) is 18.0 Å². The third kappa shape index (κ3) is 4.01. The van der Waals surface area contributed by atoms with Crippen LogP contribution < -0.4 is 10.2 Å². The Labute approximate surface area is 147 Å². The van der Waals surface area contributed by atoms with Gasteiger partial charge in [0.05, 0.1) is 6.04 Å². The Kier molecular flexibility index (Phi) is 4.71. The number of anilines is 1. The lowest BCUT2D eigenvalue weighted by atomic mass is 10.2. The van der Waals surface area contributed by atoms with Crippen molar-refractivity contribution in [3.63, 3.8) is 0 Å². The molecule has 0 aliphatic carbocycles. The average molecular weight is 348 g/mol. The molecule has 0 bridgehead atoms. The number of thioether (sulfide) groups is 1. The molecule has 6 nitrogen and oxygen atoms in total. The van der Waals surface area contributed by atoms with E-state index in [4.69, 9.17) is 9.72 Å². The fourth-order valence-electron chi connectivity index (χ4n) is 2.84. The van der Waals surface area contributed by atoms with Crippen LogP contribution in [0.1, 0.15) is 38.4 Å². The third-order valence-corrected chi connectivity index (χ3v) is 4.84. The highest BCUT2D eigenvalue weighted by atomic mass is 32.2. The summed E-state index contributed by atoms with van der Waals surface area (Å²) in [5.41, 5.74) is 1.77. The van der Waals surface area contributed by atoms with Gasteiger partial charge >= 0.3 is 6.09 Å². The summed E-state index contributed by atoms with van der Waals surface area (Å²) < 4.78 is 5.32. The van der Waals surface area contributed by atoms with Gasteiger partial charge in [-0.05, 0) is 45.9 Å². The Hall–Kier alpha value is -1.76. The summed E-state index contributed by atoms with van der Waals surface area (Å²) in [5, 5.41) is 6.06. The molecule has 0 aromatic carbocycles. The molecule has 24 heavy (non-hydrogen) atoms. The van der Waals surface area contributed by atoms with Crippen molar-refractivity contribution in [1.29, 1.82) is 0 Å². The molecule has 3 heterocycles. The number of alkyl carbamates (subject to hydrolysis) is 1.